The van der Waals surface area contributed by atoms with Crippen LogP contribution >= 0.6 is 11.8 Å². The van der Waals surface area contributed by atoms with Crippen molar-refractivity contribution in [2.45, 2.75) is 79.6 Å². The van der Waals surface area contributed by atoms with Crippen molar-refractivity contribution in [1.29, 1.82) is 0 Å². The van der Waals surface area contributed by atoms with Gasteiger partial charge in [-0.1, -0.05) is 18.2 Å². The van der Waals surface area contributed by atoms with Crippen LogP contribution in [-0.4, -0.2) is 47.4 Å². The fourth-order valence-electron chi connectivity index (χ4n) is 5.44. The molecule has 2 fully saturated rings. The standard InChI is InChI=1S/C25H32F3N7OS2/c1-23(2,3)38(36)33-19-5-4-6-24(19)7-10-34(11-8-24)22-32-15-18(21-30-9-12-35(21)22)37-17-13-20(29)31-14-16(17)25(26,27)28/h9,12-15,19,33H,4-8,10-11H2,1-3H3,(H2,29,31)/t19-,38-/m1/s1. The number of hydrogen-bond donors (Lipinski definition) is 2. The second-order valence-electron chi connectivity index (χ2n) is 11.0. The van der Waals surface area contributed by atoms with Gasteiger partial charge in [0.15, 0.2) is 5.65 Å². The number of nitrogen functional groups attached to an aromatic ring is 1. The second-order valence-corrected chi connectivity index (χ2v) is 14.1. The van der Waals surface area contributed by atoms with Gasteiger partial charge in [0.25, 0.3) is 0 Å². The monoisotopic (exact) mass is 567 g/mol. The van der Waals surface area contributed by atoms with Gasteiger partial charge in [-0.25, -0.2) is 23.9 Å². The fraction of sp³-hybridized carbons (Fsp3) is 0.560. The summed E-state index contributed by atoms with van der Waals surface area (Å²) in [5, 5.41) is 0. The highest BCUT2D eigenvalue weighted by Gasteiger charge is 2.46. The smallest absolute Gasteiger partial charge is 0.384 e. The van der Waals surface area contributed by atoms with E-state index in [0.29, 0.717) is 16.5 Å². The maximum absolute atomic E-state index is 13.6. The number of nitrogens with one attached hydrogen (secondary N) is 1. The summed E-state index contributed by atoms with van der Waals surface area (Å²) in [6.07, 6.45) is 6.34. The van der Waals surface area contributed by atoms with Crippen molar-refractivity contribution in [2.24, 2.45) is 5.41 Å². The van der Waals surface area contributed by atoms with E-state index in [1.54, 1.807) is 18.6 Å². The normalized spacial score (nSPS) is 20.9. The number of halogens is 3. The van der Waals surface area contributed by atoms with Crippen molar-refractivity contribution in [3.8, 4) is 0 Å². The van der Waals surface area contributed by atoms with E-state index in [0.717, 1.165) is 63.2 Å². The van der Waals surface area contributed by atoms with E-state index >= 15 is 0 Å². The molecule has 0 amide bonds. The van der Waals surface area contributed by atoms with E-state index < -0.39 is 22.7 Å². The van der Waals surface area contributed by atoms with Gasteiger partial charge in [0, 0.05) is 48.8 Å². The number of alkyl halides is 3. The van der Waals surface area contributed by atoms with Gasteiger partial charge in [-0.3, -0.25) is 4.40 Å². The number of piperidine rings is 1. The van der Waals surface area contributed by atoms with Crippen LogP contribution in [0.1, 0.15) is 58.4 Å². The molecule has 0 aromatic carbocycles. The summed E-state index contributed by atoms with van der Waals surface area (Å²) in [7, 11) is -1.11. The third-order valence-electron chi connectivity index (χ3n) is 7.54. The largest absolute Gasteiger partial charge is 0.418 e. The fourth-order valence-corrected chi connectivity index (χ4v) is 7.46. The van der Waals surface area contributed by atoms with Gasteiger partial charge >= 0.3 is 6.18 Å². The first-order valence-electron chi connectivity index (χ1n) is 12.6. The van der Waals surface area contributed by atoms with Crippen LogP contribution in [-0.2, 0) is 17.2 Å². The van der Waals surface area contributed by atoms with Gasteiger partial charge < -0.3 is 10.6 Å². The Balaban J connectivity index is 1.36. The lowest BCUT2D eigenvalue weighted by Crippen LogP contribution is -2.51. The number of hydrogen-bond acceptors (Lipinski definition) is 7. The van der Waals surface area contributed by atoms with E-state index in [-0.39, 0.29) is 26.9 Å². The molecule has 4 heterocycles. The number of pyridine rings is 1. The SMILES string of the molecule is CC(C)(C)[S@@](=O)N[C@@H]1CCCC12CCN(c1ncc(Sc3cc(N)ncc3C(F)(F)F)c3nccn13)CC2. The van der Waals surface area contributed by atoms with E-state index in [2.05, 4.69) is 24.6 Å². The third kappa shape index (κ3) is 5.24. The Morgan fingerprint density at radius 1 is 1.11 bits per heavy atom. The van der Waals surface area contributed by atoms with Crippen LogP contribution in [0, 0.1) is 5.41 Å². The molecule has 2 atom stereocenters. The summed E-state index contributed by atoms with van der Waals surface area (Å²) in [6.45, 7) is 7.52. The zero-order chi connectivity index (χ0) is 27.3. The minimum absolute atomic E-state index is 0.0118. The molecule has 3 N–H and O–H groups in total. The topological polar surface area (TPSA) is 101 Å². The quantitative estimate of drug-likeness (QED) is 0.444. The van der Waals surface area contributed by atoms with Crippen molar-refractivity contribution in [1.82, 2.24) is 24.1 Å². The number of imidazole rings is 1. The summed E-state index contributed by atoms with van der Waals surface area (Å²) in [5.41, 5.74) is 5.48. The van der Waals surface area contributed by atoms with Crippen LogP contribution < -0.4 is 15.4 Å². The number of aromatic nitrogens is 4. The van der Waals surface area contributed by atoms with Gasteiger partial charge in [0.2, 0.25) is 5.95 Å². The maximum Gasteiger partial charge on any atom is 0.418 e. The van der Waals surface area contributed by atoms with E-state index in [4.69, 9.17) is 5.73 Å². The zero-order valence-corrected chi connectivity index (χ0v) is 23.2. The van der Waals surface area contributed by atoms with E-state index in [9.17, 15) is 17.4 Å². The number of fused-ring (bicyclic) bond motifs is 1. The lowest BCUT2D eigenvalue weighted by atomic mass is 9.74. The Kier molecular flexibility index (Phi) is 7.14. The number of rotatable bonds is 5. The first kappa shape index (κ1) is 27.2. The number of nitrogens with zero attached hydrogens (tertiary/aromatic N) is 5. The molecular weight excluding hydrogens is 535 g/mol. The summed E-state index contributed by atoms with van der Waals surface area (Å²) in [5.74, 6) is 0.723. The maximum atomic E-state index is 13.6. The highest BCUT2D eigenvalue weighted by molar-refractivity contribution is 7.99. The molecule has 1 saturated heterocycles. The molecule has 1 saturated carbocycles. The van der Waals surface area contributed by atoms with E-state index in [1.807, 2.05) is 25.2 Å². The summed E-state index contributed by atoms with van der Waals surface area (Å²) >= 11 is 0.926. The van der Waals surface area contributed by atoms with Crippen LogP contribution in [0.15, 0.2) is 40.6 Å². The van der Waals surface area contributed by atoms with Crippen molar-refractivity contribution >= 4 is 40.2 Å². The summed E-state index contributed by atoms with van der Waals surface area (Å²) < 4.78 is 58.5. The Labute approximate surface area is 226 Å². The van der Waals surface area contributed by atoms with Gasteiger partial charge in [-0.05, 0) is 57.9 Å². The highest BCUT2D eigenvalue weighted by atomic mass is 32.2. The third-order valence-corrected chi connectivity index (χ3v) is 10.2. The Morgan fingerprint density at radius 2 is 1.84 bits per heavy atom. The highest BCUT2D eigenvalue weighted by Crippen LogP contribution is 2.47. The second kappa shape index (κ2) is 9.98. The molecule has 0 bridgehead atoms. The Bertz CT molecular complexity index is 1350. The molecule has 2 aliphatic rings. The van der Waals surface area contributed by atoms with Gasteiger partial charge in [0.1, 0.15) is 5.82 Å². The van der Waals surface area contributed by atoms with Crippen molar-refractivity contribution < 1.29 is 17.4 Å². The molecule has 8 nitrogen and oxygen atoms in total. The molecule has 1 aliphatic heterocycles. The average Bonchev–Trinajstić information content (AvgIpc) is 3.47. The zero-order valence-electron chi connectivity index (χ0n) is 21.6. The molecule has 1 spiro atoms. The average molecular weight is 568 g/mol. The molecule has 3 aromatic heterocycles. The molecule has 38 heavy (non-hydrogen) atoms. The molecule has 0 unspecified atom stereocenters. The van der Waals surface area contributed by atoms with Crippen molar-refractivity contribution in [3.63, 3.8) is 0 Å². The first-order chi connectivity index (χ1) is 17.9. The first-order valence-corrected chi connectivity index (χ1v) is 14.6. The molecule has 1 aliphatic carbocycles. The number of anilines is 2. The minimum Gasteiger partial charge on any atom is -0.384 e. The predicted octanol–water partition coefficient (Wildman–Crippen LogP) is 5.07. The predicted molar refractivity (Wildman–Crippen MR) is 143 cm³/mol. The molecular formula is C25H32F3N7OS2. The molecule has 5 rings (SSSR count). The minimum atomic E-state index is -4.56. The lowest BCUT2D eigenvalue weighted by molar-refractivity contribution is -0.140. The Hall–Kier alpha value is -2.38. The number of nitrogens with two attached hydrogens (primary N) is 1. The van der Waals surface area contributed by atoms with Crippen molar-refractivity contribution in [3.05, 3.63) is 36.4 Å². The molecule has 206 valence electrons. The van der Waals surface area contributed by atoms with Gasteiger partial charge in [0.05, 0.1) is 26.2 Å². The van der Waals surface area contributed by atoms with Crippen LogP contribution in [0.3, 0.4) is 0 Å². The molecule has 13 heteroatoms. The summed E-state index contributed by atoms with van der Waals surface area (Å²) in [6, 6.07) is 1.45. The van der Waals surface area contributed by atoms with Crippen LogP contribution in [0.4, 0.5) is 24.9 Å². The van der Waals surface area contributed by atoms with Crippen LogP contribution in [0.5, 0.6) is 0 Å². The summed E-state index contributed by atoms with van der Waals surface area (Å²) in [4.78, 5) is 15.4. The Morgan fingerprint density at radius 3 is 2.53 bits per heavy atom. The molecule has 3 aromatic rings. The van der Waals surface area contributed by atoms with Gasteiger partial charge in [-0.2, -0.15) is 13.2 Å². The molecule has 0 radical (unpaired) electrons. The van der Waals surface area contributed by atoms with Crippen molar-refractivity contribution in [2.75, 3.05) is 23.7 Å². The van der Waals surface area contributed by atoms with Crippen LogP contribution in [0.2, 0.25) is 0 Å². The van der Waals surface area contributed by atoms with E-state index in [1.165, 1.54) is 6.07 Å². The van der Waals surface area contributed by atoms with Crippen LogP contribution in [0.25, 0.3) is 5.65 Å². The van der Waals surface area contributed by atoms with Gasteiger partial charge in [-0.15, -0.1) is 0 Å². The lowest BCUT2D eigenvalue weighted by Gasteiger charge is -2.44.